The zero-order chi connectivity index (χ0) is 35.8. The Hall–Kier alpha value is -3.80. The summed E-state index contributed by atoms with van der Waals surface area (Å²) < 4.78 is 26.4. The molecule has 0 amide bonds. The van der Waals surface area contributed by atoms with E-state index in [9.17, 15) is 9.59 Å². The normalized spacial score (nSPS) is 36.2. The summed E-state index contributed by atoms with van der Waals surface area (Å²) in [6.07, 6.45) is 10.6. The fraction of sp³-hybridized carbons (Fsp3) is 0.565. The summed E-state index contributed by atoms with van der Waals surface area (Å²) in [5, 5.41) is 0. The molecule has 6 nitrogen and oxygen atoms in total. The van der Waals surface area contributed by atoms with Gasteiger partial charge in [-0.05, 0) is 135 Å². The molecule has 0 heterocycles. The average Bonchev–Trinajstić information content (AvgIpc) is 3.11. The van der Waals surface area contributed by atoms with Crippen LogP contribution < -0.4 is 9.47 Å². The second kappa shape index (κ2) is 13.0. The largest absolute Gasteiger partial charge is 0.454 e. The summed E-state index contributed by atoms with van der Waals surface area (Å²) in [5.74, 6) is 5.73. The van der Waals surface area contributed by atoms with Crippen LogP contribution in [-0.4, -0.2) is 24.5 Å². The van der Waals surface area contributed by atoms with E-state index in [2.05, 4.69) is 50.2 Å². The maximum atomic E-state index is 12.7. The third-order valence-corrected chi connectivity index (χ3v) is 15.0. The molecule has 274 valence electrons. The molecule has 8 atom stereocenters. The quantitative estimate of drug-likeness (QED) is 0.155. The van der Waals surface area contributed by atoms with Crippen LogP contribution in [0.2, 0.25) is 0 Å². The summed E-state index contributed by atoms with van der Waals surface area (Å²) in [6.45, 7) is 7.75. The standard InChI is InChI=1S/C46H54O6/c1-27-35-19-31-17-32(20-35)24-45(27,23-31)43(49-29(3)47)51-41-15-9-7-13-39(41)37-11-5-6-12-38(37)40-14-8-10-16-42(40)52-44(50-30(4)48)46-25-33-18-34(26-46)22-36(21-33)28(46)2/h5-16,27-28,31-36,43-44H,17-26H2,1-4H3. The van der Waals surface area contributed by atoms with Gasteiger partial charge in [-0.1, -0.05) is 74.5 Å². The Kier molecular flexibility index (Phi) is 8.47. The van der Waals surface area contributed by atoms with Gasteiger partial charge in [0.25, 0.3) is 0 Å². The number of benzene rings is 3. The number of carbonyl (C=O) groups excluding carboxylic acids is 2. The van der Waals surface area contributed by atoms with E-state index in [-0.39, 0.29) is 22.8 Å². The van der Waals surface area contributed by atoms with Gasteiger partial charge in [-0.2, -0.15) is 0 Å². The second-order valence-electron chi connectivity index (χ2n) is 17.9. The van der Waals surface area contributed by atoms with Crippen molar-refractivity contribution in [2.45, 2.75) is 104 Å². The molecule has 0 N–H and O–H groups in total. The van der Waals surface area contributed by atoms with Crippen LogP contribution in [0, 0.1) is 58.2 Å². The number of carbonyl (C=O) groups is 2. The van der Waals surface area contributed by atoms with Gasteiger partial charge in [-0.3, -0.25) is 9.59 Å². The van der Waals surface area contributed by atoms with Gasteiger partial charge in [-0.25, -0.2) is 0 Å². The van der Waals surface area contributed by atoms with E-state index >= 15 is 0 Å². The lowest BCUT2D eigenvalue weighted by atomic mass is 9.45. The van der Waals surface area contributed by atoms with Gasteiger partial charge in [0.1, 0.15) is 11.5 Å². The van der Waals surface area contributed by atoms with Gasteiger partial charge in [0.15, 0.2) is 0 Å². The van der Waals surface area contributed by atoms with Crippen LogP contribution in [0.25, 0.3) is 22.3 Å². The third kappa shape index (κ3) is 5.65. The molecule has 8 unspecified atom stereocenters. The van der Waals surface area contributed by atoms with Crippen molar-refractivity contribution in [1.29, 1.82) is 0 Å². The lowest BCUT2D eigenvalue weighted by Crippen LogP contribution is -2.59. The van der Waals surface area contributed by atoms with Gasteiger partial charge in [0.2, 0.25) is 12.6 Å². The zero-order valence-corrected chi connectivity index (χ0v) is 31.2. The van der Waals surface area contributed by atoms with Crippen LogP contribution in [0.5, 0.6) is 11.5 Å². The van der Waals surface area contributed by atoms with Gasteiger partial charge in [0, 0.05) is 35.8 Å². The Balaban J connectivity index is 1.08. The molecule has 8 saturated carbocycles. The molecule has 0 spiro atoms. The molecule has 3 aromatic carbocycles. The Bertz CT molecular complexity index is 1690. The van der Waals surface area contributed by atoms with Gasteiger partial charge in [-0.15, -0.1) is 0 Å². The summed E-state index contributed by atoms with van der Waals surface area (Å²) in [5.41, 5.74) is 3.51. The van der Waals surface area contributed by atoms with Crippen molar-refractivity contribution in [1.82, 2.24) is 0 Å². The van der Waals surface area contributed by atoms with E-state index in [1.807, 2.05) is 36.4 Å². The molecule has 0 saturated heterocycles. The number of ether oxygens (including phenoxy) is 4. The lowest BCUT2D eigenvalue weighted by molar-refractivity contribution is -0.235. The third-order valence-electron chi connectivity index (χ3n) is 15.0. The first-order valence-corrected chi connectivity index (χ1v) is 20.1. The van der Waals surface area contributed by atoms with Crippen molar-refractivity contribution < 1.29 is 28.5 Å². The predicted molar refractivity (Wildman–Crippen MR) is 200 cm³/mol. The topological polar surface area (TPSA) is 71.1 Å². The van der Waals surface area contributed by atoms with Crippen molar-refractivity contribution >= 4 is 11.9 Å². The minimum Gasteiger partial charge on any atom is -0.454 e. The molecule has 8 aliphatic carbocycles. The van der Waals surface area contributed by atoms with E-state index in [1.54, 1.807) is 0 Å². The highest BCUT2D eigenvalue weighted by molar-refractivity contribution is 5.88. The SMILES string of the molecule is CC(=O)OC(Oc1ccccc1-c1ccccc1-c1ccccc1OC(OC(C)=O)C12CC3CC(CC(C3)C1C)C2)C12CC3CC(CC(C3)C1C)C2. The molecule has 8 aliphatic rings. The van der Waals surface area contributed by atoms with Gasteiger partial charge < -0.3 is 18.9 Å². The Morgan fingerprint density at radius 3 is 1.19 bits per heavy atom. The van der Waals surface area contributed by atoms with Crippen LogP contribution in [0.3, 0.4) is 0 Å². The molecule has 3 aromatic rings. The highest BCUT2D eigenvalue weighted by Crippen LogP contribution is 2.66. The number of rotatable bonds is 10. The van der Waals surface area contributed by atoms with E-state index in [0.29, 0.717) is 58.8 Å². The number of para-hydroxylation sites is 2. The van der Waals surface area contributed by atoms with Crippen LogP contribution in [0.4, 0.5) is 0 Å². The summed E-state index contributed by atoms with van der Waals surface area (Å²) in [7, 11) is 0. The number of esters is 2. The number of hydrogen-bond donors (Lipinski definition) is 0. The Morgan fingerprint density at radius 2 is 0.846 bits per heavy atom. The van der Waals surface area contributed by atoms with E-state index in [4.69, 9.17) is 18.9 Å². The maximum absolute atomic E-state index is 12.7. The molecular weight excluding hydrogens is 648 g/mol. The van der Waals surface area contributed by atoms with Crippen molar-refractivity contribution in [2.24, 2.45) is 58.2 Å². The first kappa shape index (κ1) is 34.0. The molecule has 6 heteroatoms. The zero-order valence-electron chi connectivity index (χ0n) is 31.2. The summed E-state index contributed by atoms with van der Waals surface area (Å²) in [6, 6.07) is 24.7. The molecule has 0 aromatic heterocycles. The first-order valence-electron chi connectivity index (χ1n) is 20.1. The summed E-state index contributed by atoms with van der Waals surface area (Å²) >= 11 is 0. The van der Waals surface area contributed by atoms with Gasteiger partial charge in [0.05, 0.1) is 0 Å². The second-order valence-corrected chi connectivity index (χ2v) is 17.9. The fourth-order valence-corrected chi connectivity index (χ4v) is 13.1. The smallest absolute Gasteiger partial charge is 0.305 e. The Morgan fingerprint density at radius 1 is 0.519 bits per heavy atom. The predicted octanol–water partition coefficient (Wildman–Crippen LogP) is 10.5. The summed E-state index contributed by atoms with van der Waals surface area (Å²) in [4.78, 5) is 25.4. The molecule has 0 radical (unpaired) electrons. The van der Waals surface area contributed by atoms with E-state index in [0.717, 1.165) is 47.9 Å². The minimum absolute atomic E-state index is 0.187. The minimum atomic E-state index is -0.649. The first-order chi connectivity index (χ1) is 25.1. The van der Waals surface area contributed by atoms with Crippen LogP contribution in [-0.2, 0) is 19.1 Å². The monoisotopic (exact) mass is 702 g/mol. The lowest BCUT2D eigenvalue weighted by Gasteiger charge is -2.61. The molecule has 11 rings (SSSR count). The highest BCUT2D eigenvalue weighted by Gasteiger charge is 2.62. The van der Waals surface area contributed by atoms with E-state index in [1.165, 1.54) is 52.4 Å². The molecule has 8 fully saturated rings. The molecule has 8 bridgehead atoms. The van der Waals surface area contributed by atoms with E-state index < -0.39 is 12.6 Å². The molecular formula is C46H54O6. The van der Waals surface area contributed by atoms with Crippen molar-refractivity contribution in [3.8, 4) is 33.8 Å². The molecule has 52 heavy (non-hydrogen) atoms. The number of hydrogen-bond acceptors (Lipinski definition) is 6. The van der Waals surface area contributed by atoms with Crippen molar-refractivity contribution in [2.75, 3.05) is 0 Å². The average molecular weight is 703 g/mol. The highest BCUT2D eigenvalue weighted by atomic mass is 16.7. The van der Waals surface area contributed by atoms with Crippen molar-refractivity contribution in [3.63, 3.8) is 0 Å². The van der Waals surface area contributed by atoms with Crippen molar-refractivity contribution in [3.05, 3.63) is 72.8 Å². The van der Waals surface area contributed by atoms with Crippen LogP contribution >= 0.6 is 0 Å². The molecule has 0 aliphatic heterocycles. The fourth-order valence-electron chi connectivity index (χ4n) is 13.1. The Labute approximate surface area is 309 Å². The van der Waals surface area contributed by atoms with Gasteiger partial charge >= 0.3 is 11.9 Å². The van der Waals surface area contributed by atoms with Crippen LogP contribution in [0.15, 0.2) is 72.8 Å². The van der Waals surface area contributed by atoms with Crippen LogP contribution in [0.1, 0.15) is 91.9 Å². The maximum Gasteiger partial charge on any atom is 0.305 e.